The molecule has 9 rings (SSSR count). The van der Waals surface area contributed by atoms with Crippen molar-refractivity contribution >= 4 is 43.9 Å². The van der Waals surface area contributed by atoms with Gasteiger partial charge in [0.15, 0.2) is 0 Å². The van der Waals surface area contributed by atoms with E-state index in [1.807, 2.05) is 38.1 Å². The second-order valence-electron chi connectivity index (χ2n) is 14.4. The minimum absolute atomic E-state index is 0.172. The third kappa shape index (κ3) is 8.45. The molecule has 0 bridgehead atoms. The number of aryl methyl sites for hydroxylation is 1. The molecule has 286 valence electrons. The van der Waals surface area contributed by atoms with Crippen LogP contribution in [0.25, 0.3) is 65.7 Å². The molecule has 0 saturated carbocycles. The van der Waals surface area contributed by atoms with Crippen molar-refractivity contribution in [3.8, 4) is 33.4 Å². The summed E-state index contributed by atoms with van der Waals surface area (Å²) in [5.41, 5.74) is 18.1. The fourth-order valence-electron chi connectivity index (χ4n) is 7.89. The maximum atomic E-state index is 7.05. The van der Waals surface area contributed by atoms with Crippen LogP contribution in [0.2, 0.25) is 0 Å². The molecule has 0 amide bonds. The lowest BCUT2D eigenvalue weighted by Gasteiger charge is -2.18. The van der Waals surface area contributed by atoms with Crippen LogP contribution in [-0.4, -0.2) is 11.5 Å². The smallest absolute Gasteiger partial charge is 0.122 e. The highest BCUT2D eigenvalue weighted by atomic mass is 14.7. The average Bonchev–Trinajstić information content (AvgIpc) is 3.29. The molecule has 0 aliphatic heterocycles. The first-order valence-corrected chi connectivity index (χ1v) is 20.4. The summed E-state index contributed by atoms with van der Waals surface area (Å²) in [5, 5.41) is 14.8. The summed E-state index contributed by atoms with van der Waals surface area (Å²) in [5.74, 6) is 0.172. The van der Waals surface area contributed by atoms with Gasteiger partial charge >= 0.3 is 0 Å². The van der Waals surface area contributed by atoms with E-state index in [-0.39, 0.29) is 5.84 Å². The Morgan fingerprint density at radius 3 is 1.69 bits per heavy atom. The van der Waals surface area contributed by atoms with Crippen LogP contribution in [0.4, 0.5) is 0 Å². The maximum Gasteiger partial charge on any atom is 0.122 e. The minimum Gasteiger partial charge on any atom is -0.384 e. The van der Waals surface area contributed by atoms with Gasteiger partial charge in [0, 0.05) is 16.8 Å². The standard InChI is InChI=1S/C46H35N.C7H10N2.C2H6/c1-31-24-26-43-44-27-25-34(29-46(44)42-23-13-12-22-41(42)45(43)28-31)36-17-7-9-19-38(36)40-21-11-10-20-39(40)37-18-8-6-16-35(37)32(2)47-30-33-14-4-3-5-15-33;8-7(9)6-4-2-1-3-5-6;1-2/h3-29H,30H2,1-2H3;2,4-5H,1,3H2,(H3,8,9);1-2H3. The van der Waals surface area contributed by atoms with Crippen LogP contribution >= 0.6 is 0 Å². The topological polar surface area (TPSA) is 62.2 Å². The third-order valence-corrected chi connectivity index (χ3v) is 10.7. The molecule has 8 aromatic rings. The zero-order valence-electron chi connectivity index (χ0n) is 34.0. The van der Waals surface area contributed by atoms with Crippen molar-refractivity contribution in [2.45, 2.75) is 47.1 Å². The van der Waals surface area contributed by atoms with Crippen molar-refractivity contribution in [3.05, 3.63) is 204 Å². The van der Waals surface area contributed by atoms with E-state index in [1.165, 1.54) is 76.8 Å². The van der Waals surface area contributed by atoms with Gasteiger partial charge < -0.3 is 5.73 Å². The summed E-state index contributed by atoms with van der Waals surface area (Å²) in [4.78, 5) is 5.02. The molecule has 0 unspecified atom stereocenters. The zero-order valence-corrected chi connectivity index (χ0v) is 34.0. The number of rotatable bonds is 7. The highest BCUT2D eigenvalue weighted by molar-refractivity contribution is 6.26. The van der Waals surface area contributed by atoms with Crippen molar-refractivity contribution in [2.75, 3.05) is 0 Å². The van der Waals surface area contributed by atoms with E-state index in [1.54, 1.807) is 0 Å². The summed E-state index contributed by atoms with van der Waals surface area (Å²) < 4.78 is 0. The van der Waals surface area contributed by atoms with E-state index in [2.05, 4.69) is 172 Å². The third-order valence-electron chi connectivity index (χ3n) is 10.7. The van der Waals surface area contributed by atoms with Crippen LogP contribution < -0.4 is 5.73 Å². The number of nitrogens with one attached hydrogen (secondary N) is 1. The van der Waals surface area contributed by atoms with E-state index in [9.17, 15) is 0 Å². The van der Waals surface area contributed by atoms with Crippen LogP contribution in [0, 0.1) is 12.3 Å². The van der Waals surface area contributed by atoms with E-state index in [4.69, 9.17) is 16.1 Å². The average molecular weight is 754 g/mol. The van der Waals surface area contributed by atoms with E-state index >= 15 is 0 Å². The van der Waals surface area contributed by atoms with Crippen LogP contribution in [-0.2, 0) is 6.54 Å². The molecule has 8 aromatic carbocycles. The van der Waals surface area contributed by atoms with Gasteiger partial charge in [-0.2, -0.15) is 0 Å². The van der Waals surface area contributed by atoms with Gasteiger partial charge in [0.05, 0.1) is 6.54 Å². The van der Waals surface area contributed by atoms with Crippen LogP contribution in [0.15, 0.2) is 193 Å². The monoisotopic (exact) mass is 753 g/mol. The Bertz CT molecular complexity index is 2800. The van der Waals surface area contributed by atoms with Gasteiger partial charge in [-0.15, -0.1) is 0 Å². The summed E-state index contributed by atoms with van der Waals surface area (Å²) in [7, 11) is 0. The van der Waals surface area contributed by atoms with Crippen molar-refractivity contribution < 1.29 is 0 Å². The molecule has 1 aliphatic carbocycles. The quantitative estimate of drug-likeness (QED) is 0.0950. The number of nitrogens with zero attached hydrogens (tertiary/aromatic N) is 1. The molecular weight excluding hydrogens is 703 g/mol. The molecule has 58 heavy (non-hydrogen) atoms. The van der Waals surface area contributed by atoms with E-state index < -0.39 is 0 Å². The Morgan fingerprint density at radius 1 is 0.552 bits per heavy atom. The zero-order chi connectivity index (χ0) is 40.4. The minimum atomic E-state index is 0.172. The predicted octanol–water partition coefficient (Wildman–Crippen LogP) is 14.7. The summed E-state index contributed by atoms with van der Waals surface area (Å²) in [6.45, 7) is 8.97. The molecule has 0 fully saturated rings. The van der Waals surface area contributed by atoms with Gasteiger partial charge in [0.1, 0.15) is 5.84 Å². The van der Waals surface area contributed by atoms with Gasteiger partial charge in [-0.3, -0.25) is 10.4 Å². The second kappa shape index (κ2) is 18.4. The van der Waals surface area contributed by atoms with Gasteiger partial charge in [-0.05, 0) is 104 Å². The first-order valence-electron chi connectivity index (χ1n) is 20.4. The second-order valence-corrected chi connectivity index (χ2v) is 14.4. The molecule has 0 radical (unpaired) electrons. The molecule has 0 spiro atoms. The van der Waals surface area contributed by atoms with Crippen LogP contribution in [0.5, 0.6) is 0 Å². The number of fused-ring (bicyclic) bond motifs is 6. The first-order chi connectivity index (χ1) is 28.5. The Kier molecular flexibility index (Phi) is 12.5. The van der Waals surface area contributed by atoms with Crippen molar-refractivity contribution in [3.63, 3.8) is 0 Å². The fourth-order valence-corrected chi connectivity index (χ4v) is 7.89. The number of benzene rings is 8. The molecule has 3 nitrogen and oxygen atoms in total. The van der Waals surface area contributed by atoms with Crippen LogP contribution in [0.1, 0.15) is 50.3 Å². The highest BCUT2D eigenvalue weighted by Gasteiger charge is 2.17. The lowest BCUT2D eigenvalue weighted by atomic mass is 9.86. The number of hydrogen-bond acceptors (Lipinski definition) is 2. The Hall–Kier alpha value is -6.84. The molecule has 3 N–H and O–H groups in total. The van der Waals surface area contributed by atoms with E-state index in [0.29, 0.717) is 6.54 Å². The van der Waals surface area contributed by atoms with Crippen molar-refractivity contribution in [1.29, 1.82) is 5.41 Å². The summed E-state index contributed by atoms with van der Waals surface area (Å²) in [6.07, 6.45) is 8.02. The summed E-state index contributed by atoms with van der Waals surface area (Å²) >= 11 is 0. The Morgan fingerprint density at radius 2 is 1.07 bits per heavy atom. The van der Waals surface area contributed by atoms with Crippen LogP contribution in [0.3, 0.4) is 0 Å². The number of amidine groups is 1. The number of allylic oxidation sites excluding steroid dienone is 2. The van der Waals surface area contributed by atoms with Crippen molar-refractivity contribution in [2.24, 2.45) is 10.7 Å². The molecule has 0 aromatic heterocycles. The SMILES string of the molecule is CC.CC(=NCc1ccccc1)c1ccccc1-c1ccccc1-c1ccccc1-c1ccc2c3ccc(C)cc3c3ccccc3c2c1.N=C(N)C1=CCCC=C1. The number of hydrogen-bond donors (Lipinski definition) is 2. The van der Waals surface area contributed by atoms with Gasteiger partial charge in [-0.1, -0.05) is 195 Å². The van der Waals surface area contributed by atoms with Gasteiger partial charge in [-0.25, -0.2) is 0 Å². The number of nitrogens with two attached hydrogens (primary N) is 1. The van der Waals surface area contributed by atoms with E-state index in [0.717, 1.165) is 29.7 Å². The van der Waals surface area contributed by atoms with Crippen molar-refractivity contribution in [1.82, 2.24) is 0 Å². The number of aliphatic imine (C=N–C) groups is 1. The Labute approximate surface area is 343 Å². The molecule has 3 heteroatoms. The fraction of sp³-hybridized carbons (Fsp3) is 0.127. The molecule has 0 heterocycles. The first kappa shape index (κ1) is 39.4. The Balaban J connectivity index is 0.000000409. The van der Waals surface area contributed by atoms with Gasteiger partial charge in [0.25, 0.3) is 0 Å². The molecule has 0 saturated heterocycles. The largest absolute Gasteiger partial charge is 0.384 e. The molecular formula is C55H51N3. The maximum absolute atomic E-state index is 7.05. The molecule has 0 atom stereocenters. The predicted molar refractivity (Wildman–Crippen MR) is 252 cm³/mol. The highest BCUT2D eigenvalue weighted by Crippen LogP contribution is 2.42. The normalized spacial score (nSPS) is 12.3. The van der Waals surface area contributed by atoms with Gasteiger partial charge in [0.2, 0.25) is 0 Å². The lowest BCUT2D eigenvalue weighted by Crippen LogP contribution is -2.12. The molecule has 1 aliphatic rings. The lowest BCUT2D eigenvalue weighted by molar-refractivity contribution is 1.03. The summed E-state index contributed by atoms with van der Waals surface area (Å²) in [6, 6.07) is 59.4.